The first-order valence-corrected chi connectivity index (χ1v) is 27.6. The lowest BCUT2D eigenvalue weighted by atomic mass is 10.1. The molecule has 0 aliphatic carbocycles. The molecule has 0 saturated carbocycles. The Morgan fingerprint density at radius 2 is 0.591 bits per heavy atom. The van der Waals surface area contributed by atoms with Crippen LogP contribution in [-0.4, -0.2) is 37.2 Å². The van der Waals surface area contributed by atoms with Crippen molar-refractivity contribution in [3.63, 3.8) is 0 Å². The molecule has 0 heterocycles. The van der Waals surface area contributed by atoms with E-state index in [1.807, 2.05) is 0 Å². The number of hydrogen-bond acceptors (Lipinski definition) is 6. The first-order chi connectivity index (χ1) is 32.5. The Balaban J connectivity index is 4.24. The summed E-state index contributed by atoms with van der Waals surface area (Å²) in [6.07, 6.45) is 70.1. The van der Waals surface area contributed by atoms with Gasteiger partial charge in [-0.25, -0.2) is 0 Å². The van der Waals surface area contributed by atoms with Crippen molar-refractivity contribution in [1.82, 2.24) is 0 Å². The monoisotopic (exact) mass is 919 g/mol. The van der Waals surface area contributed by atoms with Crippen LogP contribution < -0.4 is 0 Å². The lowest BCUT2D eigenvalue weighted by Crippen LogP contribution is -2.30. The van der Waals surface area contributed by atoms with Gasteiger partial charge >= 0.3 is 17.9 Å². The van der Waals surface area contributed by atoms with Gasteiger partial charge in [0.05, 0.1) is 0 Å². The van der Waals surface area contributed by atoms with Crippen LogP contribution in [0.2, 0.25) is 0 Å². The highest BCUT2D eigenvalue weighted by atomic mass is 16.6. The van der Waals surface area contributed by atoms with E-state index in [0.29, 0.717) is 19.3 Å². The number of esters is 3. The fraction of sp³-hybridized carbons (Fsp3) is 0.717. The third-order valence-electron chi connectivity index (χ3n) is 11.6. The summed E-state index contributed by atoms with van der Waals surface area (Å²) < 4.78 is 16.8. The summed E-state index contributed by atoms with van der Waals surface area (Å²) in [7, 11) is 0. The Bertz CT molecular complexity index is 1290. The van der Waals surface area contributed by atoms with Crippen LogP contribution in [0.4, 0.5) is 0 Å². The van der Waals surface area contributed by atoms with Crippen LogP contribution in [0.1, 0.15) is 258 Å². The molecule has 66 heavy (non-hydrogen) atoms. The van der Waals surface area contributed by atoms with E-state index in [9.17, 15) is 14.4 Å². The molecule has 0 saturated heterocycles. The molecule has 0 aliphatic heterocycles. The highest BCUT2D eigenvalue weighted by Crippen LogP contribution is 2.14. The molecule has 0 aromatic carbocycles. The Labute approximate surface area is 407 Å². The van der Waals surface area contributed by atoms with Gasteiger partial charge in [0.15, 0.2) is 6.10 Å². The Kier molecular flexibility index (Phi) is 51.4. The fourth-order valence-electron chi connectivity index (χ4n) is 7.50. The minimum absolute atomic E-state index is 0.0829. The predicted octanol–water partition coefficient (Wildman–Crippen LogP) is 18.4. The van der Waals surface area contributed by atoms with Crippen LogP contribution in [0, 0.1) is 0 Å². The molecule has 0 aromatic rings. The number of rotatable bonds is 49. The topological polar surface area (TPSA) is 78.9 Å². The third-order valence-corrected chi connectivity index (χ3v) is 11.6. The molecule has 0 aromatic heterocycles. The second-order valence-electron chi connectivity index (χ2n) is 18.1. The van der Waals surface area contributed by atoms with Crippen molar-refractivity contribution in [3.05, 3.63) is 85.1 Å². The molecule has 0 spiro atoms. The highest BCUT2D eigenvalue weighted by molar-refractivity contribution is 5.71. The molecule has 0 N–H and O–H groups in total. The van der Waals surface area contributed by atoms with E-state index in [1.54, 1.807) is 0 Å². The van der Waals surface area contributed by atoms with Crippen LogP contribution >= 0.6 is 0 Å². The van der Waals surface area contributed by atoms with Gasteiger partial charge < -0.3 is 14.2 Å². The van der Waals surface area contributed by atoms with E-state index >= 15 is 0 Å². The van der Waals surface area contributed by atoms with Gasteiger partial charge in [-0.15, -0.1) is 0 Å². The molecule has 6 nitrogen and oxygen atoms in total. The van der Waals surface area contributed by atoms with Crippen LogP contribution in [0.5, 0.6) is 0 Å². The van der Waals surface area contributed by atoms with Gasteiger partial charge in [-0.05, 0) is 96.3 Å². The maximum atomic E-state index is 12.8. The van der Waals surface area contributed by atoms with Crippen molar-refractivity contribution in [1.29, 1.82) is 0 Å². The zero-order chi connectivity index (χ0) is 47.9. The Hall–Kier alpha value is -3.41. The van der Waals surface area contributed by atoms with Crippen LogP contribution in [0.3, 0.4) is 0 Å². The summed E-state index contributed by atoms with van der Waals surface area (Å²) >= 11 is 0. The number of carbonyl (C=O) groups is 3. The normalized spacial score (nSPS) is 12.7. The van der Waals surface area contributed by atoms with Gasteiger partial charge in [-0.3, -0.25) is 14.4 Å². The van der Waals surface area contributed by atoms with Crippen molar-refractivity contribution in [3.8, 4) is 0 Å². The van der Waals surface area contributed by atoms with Crippen molar-refractivity contribution in [2.24, 2.45) is 0 Å². The van der Waals surface area contributed by atoms with E-state index in [1.165, 1.54) is 96.3 Å². The largest absolute Gasteiger partial charge is 0.462 e. The highest BCUT2D eigenvalue weighted by Gasteiger charge is 2.19. The molecule has 0 amide bonds. The molecule has 378 valence electrons. The van der Waals surface area contributed by atoms with E-state index in [4.69, 9.17) is 14.2 Å². The zero-order valence-corrected chi connectivity index (χ0v) is 43.2. The van der Waals surface area contributed by atoms with Crippen molar-refractivity contribution >= 4 is 17.9 Å². The average Bonchev–Trinajstić information content (AvgIpc) is 3.31. The summed E-state index contributed by atoms with van der Waals surface area (Å²) in [4.78, 5) is 37.9. The molecule has 0 bridgehead atoms. The quantitative estimate of drug-likeness (QED) is 0.0262. The van der Waals surface area contributed by atoms with Gasteiger partial charge in [-0.1, -0.05) is 228 Å². The minimum atomic E-state index is -0.783. The molecular weight excluding hydrogens is 817 g/mol. The third kappa shape index (κ3) is 51.6. The summed E-state index contributed by atoms with van der Waals surface area (Å²) in [5.74, 6) is -0.905. The number of carbonyl (C=O) groups excluding carboxylic acids is 3. The first-order valence-electron chi connectivity index (χ1n) is 27.6. The molecule has 6 heteroatoms. The van der Waals surface area contributed by atoms with E-state index in [2.05, 4.69) is 106 Å². The predicted molar refractivity (Wildman–Crippen MR) is 284 cm³/mol. The van der Waals surface area contributed by atoms with E-state index in [0.717, 1.165) is 122 Å². The molecule has 0 rings (SSSR count). The number of hydrogen-bond donors (Lipinski definition) is 0. The number of unbranched alkanes of at least 4 members (excludes halogenated alkanes) is 24. The number of ether oxygens (including phenoxy) is 3. The van der Waals surface area contributed by atoms with Crippen molar-refractivity contribution in [2.75, 3.05) is 13.2 Å². The maximum absolute atomic E-state index is 12.8. The fourth-order valence-corrected chi connectivity index (χ4v) is 7.50. The zero-order valence-electron chi connectivity index (χ0n) is 43.2. The summed E-state index contributed by atoms with van der Waals surface area (Å²) in [5.41, 5.74) is 0. The average molecular weight is 919 g/mol. The molecular formula is C60H102O6. The molecule has 0 radical (unpaired) electrons. The summed E-state index contributed by atoms with van der Waals surface area (Å²) in [6, 6.07) is 0. The molecule has 0 aliphatic rings. The van der Waals surface area contributed by atoms with Crippen LogP contribution in [0.25, 0.3) is 0 Å². The summed E-state index contributed by atoms with van der Waals surface area (Å²) in [6.45, 7) is 6.46. The maximum Gasteiger partial charge on any atom is 0.306 e. The Morgan fingerprint density at radius 3 is 0.955 bits per heavy atom. The summed E-state index contributed by atoms with van der Waals surface area (Å²) in [5, 5.41) is 0. The SMILES string of the molecule is CC/C=C\C/C=C\C/C=C\C/C=C\C/C=C\CCCCCCCCCCCC(=O)OCC(COC(=O)CCCCCCCCCC)OC(=O)CCCCCCC/C=C\C/C=C\CCCCC. The Morgan fingerprint density at radius 1 is 0.318 bits per heavy atom. The second kappa shape index (κ2) is 54.2. The minimum Gasteiger partial charge on any atom is -0.462 e. The van der Waals surface area contributed by atoms with Gasteiger partial charge in [0.2, 0.25) is 0 Å². The van der Waals surface area contributed by atoms with Crippen LogP contribution in [0.15, 0.2) is 85.1 Å². The van der Waals surface area contributed by atoms with Crippen molar-refractivity contribution < 1.29 is 28.6 Å². The van der Waals surface area contributed by atoms with E-state index < -0.39 is 6.10 Å². The lowest BCUT2D eigenvalue weighted by Gasteiger charge is -2.18. The molecule has 1 atom stereocenters. The smallest absolute Gasteiger partial charge is 0.306 e. The molecule has 1 unspecified atom stereocenters. The first kappa shape index (κ1) is 62.6. The van der Waals surface area contributed by atoms with Crippen LogP contribution in [-0.2, 0) is 28.6 Å². The standard InChI is InChI=1S/C60H102O6/c1-4-7-10-13-16-19-21-23-25-26-27-28-29-30-31-32-33-34-36-37-39-41-44-47-50-53-59(62)65-56-57(55-64-58(61)52-49-46-43-18-15-12-9-6-3)66-60(63)54-51-48-45-42-40-38-35-24-22-20-17-14-11-8-5-2/h7,10,16-17,19-20,23-25,27-28,30-31,35,57H,4-6,8-9,11-15,18,21-22,26,29,32-34,36-56H2,1-3H3/b10-7-,19-16-,20-17-,25-23-,28-27-,31-30-,35-24-. The lowest BCUT2D eigenvalue weighted by molar-refractivity contribution is -0.167. The number of allylic oxidation sites excluding steroid dienone is 14. The van der Waals surface area contributed by atoms with Crippen molar-refractivity contribution in [2.45, 2.75) is 264 Å². The van der Waals surface area contributed by atoms with Gasteiger partial charge in [-0.2, -0.15) is 0 Å². The van der Waals surface area contributed by atoms with Gasteiger partial charge in [0.25, 0.3) is 0 Å². The van der Waals surface area contributed by atoms with Gasteiger partial charge in [0.1, 0.15) is 13.2 Å². The van der Waals surface area contributed by atoms with Gasteiger partial charge in [0, 0.05) is 19.3 Å². The molecule has 0 fully saturated rings. The van der Waals surface area contributed by atoms with E-state index in [-0.39, 0.29) is 31.1 Å². The second-order valence-corrected chi connectivity index (χ2v) is 18.1.